The summed E-state index contributed by atoms with van der Waals surface area (Å²) in [6.45, 7) is 0.433. The minimum atomic E-state index is -3.82. The predicted octanol–water partition coefficient (Wildman–Crippen LogP) is 0.150. The average molecular weight is 459 g/mol. The summed E-state index contributed by atoms with van der Waals surface area (Å²) in [6, 6.07) is 1.18. The molecule has 1 saturated heterocycles. The van der Waals surface area contributed by atoms with Gasteiger partial charge in [-0.2, -0.15) is 0 Å². The SMILES string of the molecule is CO/B=N/c1ccn([C@@H]2O[C@H](COC(=O)CCCC(=O)O)C(OB(C)O)C2(F)F)c(=O)n1. The van der Waals surface area contributed by atoms with E-state index in [0.717, 1.165) is 20.3 Å². The van der Waals surface area contributed by atoms with Gasteiger partial charge in [-0.15, -0.1) is 0 Å². The molecule has 1 aliphatic heterocycles. The van der Waals surface area contributed by atoms with Gasteiger partial charge < -0.3 is 5.11 Å². The number of aliphatic carboxylic acids is 1. The summed E-state index contributed by atoms with van der Waals surface area (Å²) in [5.41, 5.74) is -1.09. The summed E-state index contributed by atoms with van der Waals surface area (Å²) < 4.78 is 50.3. The average Bonchev–Trinajstić information content (AvgIpc) is 2.94. The molecule has 2 heterocycles. The van der Waals surface area contributed by atoms with E-state index in [4.69, 9.17) is 19.2 Å². The molecule has 1 aromatic rings. The number of carboxylic acid groups (broad SMARTS) is 1. The van der Waals surface area contributed by atoms with Crippen LogP contribution in [0.5, 0.6) is 0 Å². The number of aromatic nitrogens is 2. The zero-order valence-electron chi connectivity index (χ0n) is 17.2. The molecule has 0 aliphatic carbocycles. The molecule has 2 N–H and O–H groups in total. The van der Waals surface area contributed by atoms with Crippen LogP contribution in [0.4, 0.5) is 14.6 Å². The molecular weight excluding hydrogens is 438 g/mol. The first-order chi connectivity index (χ1) is 15.1. The van der Waals surface area contributed by atoms with Gasteiger partial charge in [0.2, 0.25) is 0 Å². The van der Waals surface area contributed by atoms with E-state index in [1.807, 2.05) is 0 Å². The number of hydrogen-bond acceptors (Lipinski definition) is 10. The number of carbonyl (C=O) groups is 2. The second-order valence-electron chi connectivity index (χ2n) is 6.73. The number of carboxylic acids is 1. The van der Waals surface area contributed by atoms with E-state index in [2.05, 4.69) is 14.5 Å². The third kappa shape index (κ3) is 6.64. The molecule has 2 rings (SSSR count). The van der Waals surface area contributed by atoms with Crippen LogP contribution in [0.25, 0.3) is 0 Å². The van der Waals surface area contributed by atoms with E-state index in [0.29, 0.717) is 4.57 Å². The van der Waals surface area contributed by atoms with Crippen LogP contribution in [0.15, 0.2) is 22.0 Å². The summed E-state index contributed by atoms with van der Waals surface area (Å²) in [6.07, 6.45) is -5.26. The number of esters is 1. The Morgan fingerprint density at radius 3 is 2.75 bits per heavy atom. The first-order valence-corrected chi connectivity index (χ1v) is 9.45. The summed E-state index contributed by atoms with van der Waals surface area (Å²) >= 11 is 0. The molecule has 0 amide bonds. The quantitative estimate of drug-likeness (QED) is 0.345. The topological polar surface area (TPSA) is 159 Å². The molecule has 1 fully saturated rings. The van der Waals surface area contributed by atoms with Gasteiger partial charge in [0.15, 0.2) is 0 Å². The van der Waals surface area contributed by atoms with E-state index in [1.165, 1.54) is 13.2 Å². The second-order valence-corrected chi connectivity index (χ2v) is 6.73. The normalized spacial score (nSPS) is 21.8. The Balaban J connectivity index is 2.18. The van der Waals surface area contributed by atoms with Gasteiger partial charge in [0.05, 0.1) is 0 Å². The zero-order valence-corrected chi connectivity index (χ0v) is 17.2. The number of carbonyl (C=O) groups excluding carboxylic acids is 1. The Bertz CT molecular complexity index is 900. The van der Waals surface area contributed by atoms with E-state index < -0.39 is 55.7 Å². The van der Waals surface area contributed by atoms with Crippen LogP contribution in [-0.4, -0.2) is 77.9 Å². The fraction of sp³-hybridized carbons (Fsp3) is 0.625. The van der Waals surface area contributed by atoms with Crippen molar-refractivity contribution >= 4 is 32.1 Å². The predicted molar refractivity (Wildman–Crippen MR) is 103 cm³/mol. The van der Waals surface area contributed by atoms with Crippen LogP contribution >= 0.6 is 0 Å². The Hall–Kier alpha value is -2.71. The third-order valence-electron chi connectivity index (χ3n) is 4.23. The van der Waals surface area contributed by atoms with Gasteiger partial charge in [-0.25, -0.2) is 0 Å². The van der Waals surface area contributed by atoms with E-state index in [9.17, 15) is 19.4 Å². The summed E-state index contributed by atoms with van der Waals surface area (Å²) in [7, 11) is 0.710. The van der Waals surface area contributed by atoms with Crippen molar-refractivity contribution in [3.8, 4) is 0 Å². The number of alkyl halides is 2. The van der Waals surface area contributed by atoms with Gasteiger partial charge in [0.1, 0.15) is 0 Å². The van der Waals surface area contributed by atoms with Crippen LogP contribution < -0.4 is 5.69 Å². The molecule has 3 atom stereocenters. The molecule has 0 saturated carbocycles. The van der Waals surface area contributed by atoms with Crippen molar-refractivity contribution in [1.29, 1.82) is 0 Å². The molecule has 0 radical (unpaired) electrons. The van der Waals surface area contributed by atoms with E-state index in [-0.39, 0.29) is 25.1 Å². The van der Waals surface area contributed by atoms with Gasteiger partial charge in [0, 0.05) is 6.42 Å². The molecule has 1 aliphatic rings. The molecule has 12 nitrogen and oxygen atoms in total. The number of halogens is 2. The Labute approximate surface area is 181 Å². The first kappa shape index (κ1) is 25.5. The summed E-state index contributed by atoms with van der Waals surface area (Å²) in [5, 5.41) is 18.0. The van der Waals surface area contributed by atoms with Crippen molar-refractivity contribution in [3.63, 3.8) is 0 Å². The van der Waals surface area contributed by atoms with E-state index in [1.54, 1.807) is 0 Å². The van der Waals surface area contributed by atoms with Crippen LogP contribution in [0.1, 0.15) is 25.5 Å². The van der Waals surface area contributed by atoms with Gasteiger partial charge >= 0.3 is 158 Å². The summed E-state index contributed by atoms with van der Waals surface area (Å²) in [5.74, 6) is -5.82. The van der Waals surface area contributed by atoms with Crippen LogP contribution in [0.3, 0.4) is 0 Å². The molecule has 1 aromatic heterocycles. The number of nitrogens with zero attached hydrogens (tertiary/aromatic N) is 3. The molecular formula is C16H21B2F2N3O9. The van der Waals surface area contributed by atoms with Crippen molar-refractivity contribution in [3.05, 3.63) is 22.7 Å². The molecule has 16 heteroatoms. The van der Waals surface area contributed by atoms with E-state index >= 15 is 8.78 Å². The van der Waals surface area contributed by atoms with Crippen molar-refractivity contribution in [2.45, 2.75) is 50.4 Å². The second kappa shape index (κ2) is 11.2. The van der Waals surface area contributed by atoms with Crippen molar-refractivity contribution in [1.82, 2.24) is 9.55 Å². The van der Waals surface area contributed by atoms with Crippen molar-refractivity contribution < 1.29 is 47.3 Å². The third-order valence-corrected chi connectivity index (χ3v) is 4.23. The standard InChI is InChI=1S/C16H21B2F2N3O9/c1-18(28)32-13-9(8-30-12(26)5-3-4-11(24)25)31-14(16(13,19)20)23-7-6-10(21-15(23)27)22-17-29-2/h6-7,9,13-14,28H,3-5,8H2,1-2H3,(H,24,25)/t9-,13?,14-/m1/s1. The molecule has 174 valence electrons. The zero-order chi connectivity index (χ0) is 23.9. The minimum absolute atomic E-state index is 0.00500. The summed E-state index contributed by atoms with van der Waals surface area (Å²) in [4.78, 5) is 41.7. The Kier molecular flexibility index (Phi) is 8.98. The van der Waals surface area contributed by atoms with Crippen LogP contribution in [-0.2, 0) is 28.4 Å². The maximum atomic E-state index is 15.1. The fourth-order valence-electron chi connectivity index (χ4n) is 2.88. The molecule has 0 spiro atoms. The van der Waals surface area contributed by atoms with Gasteiger partial charge in [-0.1, -0.05) is 0 Å². The maximum absolute atomic E-state index is 15.1. The molecule has 0 aromatic carbocycles. The molecule has 0 bridgehead atoms. The molecule has 1 unspecified atom stereocenters. The monoisotopic (exact) mass is 459 g/mol. The fourth-order valence-corrected chi connectivity index (χ4v) is 2.88. The number of ether oxygens (including phenoxy) is 2. The molecule has 32 heavy (non-hydrogen) atoms. The number of hydrogen-bond donors (Lipinski definition) is 2. The van der Waals surface area contributed by atoms with Gasteiger partial charge in [-0.3, -0.25) is 4.79 Å². The van der Waals surface area contributed by atoms with Crippen molar-refractivity contribution in [2.24, 2.45) is 4.90 Å². The van der Waals surface area contributed by atoms with Crippen LogP contribution in [0.2, 0.25) is 6.82 Å². The Morgan fingerprint density at radius 1 is 1.44 bits per heavy atom. The van der Waals surface area contributed by atoms with Crippen molar-refractivity contribution in [2.75, 3.05) is 13.7 Å². The first-order valence-electron chi connectivity index (χ1n) is 9.45. The van der Waals surface area contributed by atoms with Gasteiger partial charge in [-0.05, 0) is 6.42 Å². The number of rotatable bonds is 11. The van der Waals surface area contributed by atoms with Crippen LogP contribution in [0, 0.1) is 0 Å². The van der Waals surface area contributed by atoms with Gasteiger partial charge in [0.25, 0.3) is 0 Å². The Morgan fingerprint density at radius 2 is 2.16 bits per heavy atom.